The zero-order chi connectivity index (χ0) is 14.8. The molecule has 1 amide bonds. The van der Waals surface area contributed by atoms with Crippen LogP contribution in [0.25, 0.3) is 0 Å². The maximum atomic E-state index is 13.5. The van der Waals surface area contributed by atoms with Crippen LogP contribution in [-0.2, 0) is 10.3 Å². The fourth-order valence-corrected chi connectivity index (χ4v) is 1.47. The Balaban J connectivity index is 3.19. The smallest absolute Gasteiger partial charge is 0.368 e. The zero-order valence-electron chi connectivity index (χ0n) is 9.81. The van der Waals surface area contributed by atoms with E-state index in [0.29, 0.717) is 12.1 Å². The summed E-state index contributed by atoms with van der Waals surface area (Å²) in [5.74, 6) is -3.17. The Kier molecular flexibility index (Phi) is 4.14. The first kappa shape index (κ1) is 15.4. The van der Waals surface area contributed by atoms with Crippen LogP contribution in [0, 0.1) is 11.6 Å². The second kappa shape index (κ2) is 5.12. The minimum absolute atomic E-state index is 0.579. The predicted molar refractivity (Wildman–Crippen MR) is 57.0 cm³/mol. The first-order chi connectivity index (χ1) is 8.56. The molecule has 0 spiro atoms. The van der Waals surface area contributed by atoms with Crippen LogP contribution in [0.4, 0.5) is 22.0 Å². The topological polar surface area (TPSA) is 55.1 Å². The summed E-state index contributed by atoms with van der Waals surface area (Å²) in [6, 6.07) is 2.12. The molecule has 1 unspecified atom stereocenters. The van der Waals surface area contributed by atoms with Crippen molar-refractivity contribution in [1.82, 2.24) is 5.32 Å². The molecule has 0 radical (unpaired) electrons. The molecule has 0 aromatic heterocycles. The third kappa shape index (κ3) is 3.63. The normalized spacial score (nSPS) is 15.1. The lowest BCUT2D eigenvalue weighted by atomic mass is 9.90. The summed E-state index contributed by atoms with van der Waals surface area (Å²) in [7, 11) is 0. The molecule has 1 aromatic carbocycles. The van der Waals surface area contributed by atoms with Crippen molar-refractivity contribution in [2.24, 2.45) is 5.73 Å². The molecule has 1 aromatic rings. The molecule has 0 heterocycles. The summed E-state index contributed by atoms with van der Waals surface area (Å²) < 4.78 is 63.1. The molecule has 0 aliphatic carbocycles. The Labute approximate surface area is 105 Å². The Bertz CT molecular complexity index is 488. The van der Waals surface area contributed by atoms with E-state index in [4.69, 9.17) is 5.73 Å². The first-order valence-electron chi connectivity index (χ1n) is 5.13. The zero-order valence-corrected chi connectivity index (χ0v) is 9.81. The van der Waals surface area contributed by atoms with Gasteiger partial charge in [0.25, 0.3) is 0 Å². The molecule has 0 aliphatic heterocycles. The molecule has 3 N–H and O–H groups in total. The summed E-state index contributed by atoms with van der Waals surface area (Å²) in [5.41, 5.74) is 2.25. The van der Waals surface area contributed by atoms with Gasteiger partial charge in [-0.05, 0) is 25.1 Å². The maximum Gasteiger partial charge on any atom is 0.401 e. The Morgan fingerprint density at radius 1 is 1.32 bits per heavy atom. The lowest BCUT2D eigenvalue weighted by molar-refractivity contribution is -0.136. The number of rotatable bonds is 4. The van der Waals surface area contributed by atoms with Gasteiger partial charge in [0.05, 0.1) is 6.54 Å². The van der Waals surface area contributed by atoms with Gasteiger partial charge in [-0.2, -0.15) is 13.2 Å². The van der Waals surface area contributed by atoms with Gasteiger partial charge in [-0.1, -0.05) is 0 Å². The van der Waals surface area contributed by atoms with Crippen LogP contribution < -0.4 is 11.1 Å². The molecule has 1 atom stereocenters. The number of nitrogens with one attached hydrogen (secondary N) is 1. The Morgan fingerprint density at radius 2 is 1.89 bits per heavy atom. The first-order valence-corrected chi connectivity index (χ1v) is 5.13. The van der Waals surface area contributed by atoms with E-state index in [9.17, 15) is 26.7 Å². The fourth-order valence-electron chi connectivity index (χ4n) is 1.47. The van der Waals surface area contributed by atoms with Crippen molar-refractivity contribution in [2.75, 3.05) is 6.54 Å². The number of benzene rings is 1. The van der Waals surface area contributed by atoms with Crippen molar-refractivity contribution in [3.63, 3.8) is 0 Å². The van der Waals surface area contributed by atoms with E-state index in [2.05, 4.69) is 0 Å². The van der Waals surface area contributed by atoms with Gasteiger partial charge in [0.15, 0.2) is 0 Å². The second-order valence-electron chi connectivity index (χ2n) is 4.08. The third-order valence-electron chi connectivity index (χ3n) is 2.60. The highest BCUT2D eigenvalue weighted by molar-refractivity contribution is 5.85. The molecule has 0 fully saturated rings. The Hall–Kier alpha value is -1.70. The molecule has 3 nitrogen and oxygen atoms in total. The molecule has 106 valence electrons. The predicted octanol–water partition coefficient (Wildman–Crippen LogP) is 1.82. The van der Waals surface area contributed by atoms with Gasteiger partial charge >= 0.3 is 6.18 Å². The molecule has 0 aliphatic rings. The minimum atomic E-state index is -4.62. The van der Waals surface area contributed by atoms with Crippen LogP contribution >= 0.6 is 0 Å². The van der Waals surface area contributed by atoms with Crippen molar-refractivity contribution in [3.05, 3.63) is 35.4 Å². The number of hydrogen-bond acceptors (Lipinski definition) is 2. The van der Waals surface area contributed by atoms with Crippen LogP contribution in [0.3, 0.4) is 0 Å². The third-order valence-corrected chi connectivity index (χ3v) is 2.60. The molecule has 0 saturated carbocycles. The van der Waals surface area contributed by atoms with Crippen molar-refractivity contribution in [1.29, 1.82) is 0 Å². The number of carbonyl (C=O) groups is 1. The summed E-state index contributed by atoms with van der Waals surface area (Å²) >= 11 is 0. The summed E-state index contributed by atoms with van der Waals surface area (Å²) in [6.07, 6.45) is -4.62. The van der Waals surface area contributed by atoms with Gasteiger partial charge in [0.2, 0.25) is 5.91 Å². The number of hydrogen-bond donors (Lipinski definition) is 2. The monoisotopic (exact) mass is 282 g/mol. The standard InChI is InChI=1S/C11H11F5N2O/c1-10(9(17)19,18-5-11(14,15)16)7-4-6(12)2-3-8(7)13/h2-4,18H,5H2,1H3,(H2,17,19). The highest BCUT2D eigenvalue weighted by atomic mass is 19.4. The van der Waals surface area contributed by atoms with E-state index in [1.807, 2.05) is 5.32 Å². The molecule has 8 heteroatoms. The van der Waals surface area contributed by atoms with Gasteiger partial charge in [0, 0.05) is 5.56 Å². The molecule has 0 bridgehead atoms. The van der Waals surface area contributed by atoms with E-state index >= 15 is 0 Å². The van der Waals surface area contributed by atoms with Gasteiger partial charge in [-0.3, -0.25) is 10.1 Å². The summed E-state index contributed by atoms with van der Waals surface area (Å²) in [6.45, 7) is -0.610. The molecule has 1 rings (SSSR count). The lowest BCUT2D eigenvalue weighted by Crippen LogP contribution is -2.53. The highest BCUT2D eigenvalue weighted by Gasteiger charge is 2.39. The average Bonchev–Trinajstić information content (AvgIpc) is 2.28. The van der Waals surface area contributed by atoms with Crippen LogP contribution in [0.2, 0.25) is 0 Å². The molecule has 19 heavy (non-hydrogen) atoms. The van der Waals surface area contributed by atoms with Crippen LogP contribution in [0.5, 0.6) is 0 Å². The van der Waals surface area contributed by atoms with Crippen LogP contribution in [0.1, 0.15) is 12.5 Å². The maximum absolute atomic E-state index is 13.5. The number of carbonyl (C=O) groups excluding carboxylic acids is 1. The molecule has 0 saturated heterocycles. The van der Waals surface area contributed by atoms with Gasteiger partial charge in [0.1, 0.15) is 17.2 Å². The fraction of sp³-hybridized carbons (Fsp3) is 0.364. The Morgan fingerprint density at radius 3 is 2.37 bits per heavy atom. The second-order valence-corrected chi connectivity index (χ2v) is 4.08. The van der Waals surface area contributed by atoms with E-state index < -0.39 is 41.4 Å². The summed E-state index contributed by atoms with van der Waals surface area (Å²) in [5, 5.41) is 1.81. The van der Waals surface area contributed by atoms with Crippen molar-refractivity contribution in [2.45, 2.75) is 18.6 Å². The summed E-state index contributed by atoms with van der Waals surface area (Å²) in [4.78, 5) is 11.3. The number of halogens is 5. The van der Waals surface area contributed by atoms with E-state index in [0.717, 1.165) is 13.0 Å². The number of nitrogens with two attached hydrogens (primary N) is 1. The quantitative estimate of drug-likeness (QED) is 0.828. The largest absolute Gasteiger partial charge is 0.401 e. The SMILES string of the molecule is CC(NCC(F)(F)F)(C(N)=O)c1cc(F)ccc1F. The lowest BCUT2D eigenvalue weighted by Gasteiger charge is -2.29. The average molecular weight is 282 g/mol. The van der Waals surface area contributed by atoms with E-state index in [-0.39, 0.29) is 0 Å². The number of primary amides is 1. The van der Waals surface area contributed by atoms with E-state index in [1.165, 1.54) is 0 Å². The van der Waals surface area contributed by atoms with E-state index in [1.54, 1.807) is 0 Å². The number of amides is 1. The van der Waals surface area contributed by atoms with Crippen molar-refractivity contribution in [3.8, 4) is 0 Å². The van der Waals surface area contributed by atoms with Crippen molar-refractivity contribution < 1.29 is 26.7 Å². The van der Waals surface area contributed by atoms with Crippen LogP contribution in [0.15, 0.2) is 18.2 Å². The van der Waals surface area contributed by atoms with Crippen molar-refractivity contribution >= 4 is 5.91 Å². The molecular weight excluding hydrogens is 271 g/mol. The molecular formula is C11H11F5N2O. The van der Waals surface area contributed by atoms with Gasteiger partial charge in [-0.15, -0.1) is 0 Å². The van der Waals surface area contributed by atoms with Gasteiger partial charge in [-0.25, -0.2) is 8.78 Å². The van der Waals surface area contributed by atoms with Gasteiger partial charge < -0.3 is 5.73 Å². The number of alkyl halides is 3. The minimum Gasteiger partial charge on any atom is -0.368 e. The highest BCUT2D eigenvalue weighted by Crippen LogP contribution is 2.26. The van der Waals surface area contributed by atoms with Crippen LogP contribution in [-0.4, -0.2) is 18.6 Å².